The summed E-state index contributed by atoms with van der Waals surface area (Å²) in [6, 6.07) is 12.3. The number of nitrogens with one attached hydrogen (secondary N) is 1. The number of carboxylic acids is 1. The van der Waals surface area contributed by atoms with Crippen LogP contribution in [0.2, 0.25) is 5.02 Å². The predicted molar refractivity (Wildman–Crippen MR) is 105 cm³/mol. The quantitative estimate of drug-likeness (QED) is 0.607. The Labute approximate surface area is 174 Å². The number of alkyl halides is 3. The van der Waals surface area contributed by atoms with Crippen molar-refractivity contribution in [3.63, 3.8) is 0 Å². The molecule has 0 aliphatic carbocycles. The Morgan fingerprint density at radius 1 is 1.10 bits per heavy atom. The standard InChI is InChI=1S/C17H15ClN2O2S.C2HF3O2/c18-14-5-1-2-7-16(14)23(21,22)20-11-13-8-9-19-10-12-4-3-6-15(20)17(12)13;3-2(4,5)1(6)7/h1-7,11,19H,8-10H2;(H,6,7). The lowest BCUT2D eigenvalue weighted by atomic mass is 10.1. The van der Waals surface area contributed by atoms with Gasteiger partial charge in [0.2, 0.25) is 0 Å². The molecule has 6 nitrogen and oxygen atoms in total. The van der Waals surface area contributed by atoms with Crippen LogP contribution in [0.1, 0.15) is 11.1 Å². The molecule has 2 N–H and O–H groups in total. The third kappa shape index (κ3) is 4.30. The number of hydrogen-bond acceptors (Lipinski definition) is 4. The molecular weight excluding hydrogens is 445 g/mol. The highest BCUT2D eigenvalue weighted by Gasteiger charge is 2.38. The van der Waals surface area contributed by atoms with Gasteiger partial charge in [-0.15, -0.1) is 0 Å². The van der Waals surface area contributed by atoms with Crippen LogP contribution in [-0.2, 0) is 27.8 Å². The van der Waals surface area contributed by atoms with Crippen molar-refractivity contribution in [1.82, 2.24) is 9.29 Å². The first kappa shape index (κ1) is 22.1. The number of halogens is 4. The van der Waals surface area contributed by atoms with Crippen molar-refractivity contribution in [3.05, 3.63) is 64.8 Å². The van der Waals surface area contributed by atoms with E-state index < -0.39 is 22.2 Å². The largest absolute Gasteiger partial charge is 0.490 e. The summed E-state index contributed by atoms with van der Waals surface area (Å²) < 4.78 is 59.3. The van der Waals surface area contributed by atoms with E-state index in [0.717, 1.165) is 36.0 Å². The van der Waals surface area contributed by atoms with Crippen LogP contribution < -0.4 is 5.32 Å². The first-order valence-electron chi connectivity index (χ1n) is 8.66. The van der Waals surface area contributed by atoms with Gasteiger partial charge in [0.15, 0.2) is 0 Å². The van der Waals surface area contributed by atoms with Gasteiger partial charge in [-0.05, 0) is 42.3 Å². The molecular formula is C19H16ClF3N2O4S. The average molecular weight is 461 g/mol. The minimum atomic E-state index is -5.08. The predicted octanol–water partition coefficient (Wildman–Crippen LogP) is 3.81. The third-order valence-corrected chi connectivity index (χ3v) is 6.64. The maximum absolute atomic E-state index is 13.1. The summed E-state index contributed by atoms with van der Waals surface area (Å²) in [6.07, 6.45) is -2.54. The fraction of sp³-hybridized carbons (Fsp3) is 0.211. The monoisotopic (exact) mass is 460 g/mol. The lowest BCUT2D eigenvalue weighted by Crippen LogP contribution is -2.21. The molecule has 0 amide bonds. The molecule has 0 spiro atoms. The molecule has 1 aliphatic rings. The van der Waals surface area contributed by atoms with Gasteiger partial charge in [-0.2, -0.15) is 13.2 Å². The molecule has 1 aromatic heterocycles. The molecule has 1 aliphatic heterocycles. The van der Waals surface area contributed by atoms with Crippen LogP contribution in [0, 0.1) is 0 Å². The Kier molecular flexibility index (Phi) is 6.11. The van der Waals surface area contributed by atoms with E-state index >= 15 is 0 Å². The number of hydrogen-bond donors (Lipinski definition) is 2. The number of nitrogens with zero attached hydrogens (tertiary/aromatic N) is 1. The van der Waals surface area contributed by atoms with Crippen LogP contribution in [0.5, 0.6) is 0 Å². The van der Waals surface area contributed by atoms with Gasteiger partial charge >= 0.3 is 12.1 Å². The minimum absolute atomic E-state index is 0.130. The molecule has 0 atom stereocenters. The van der Waals surface area contributed by atoms with E-state index in [4.69, 9.17) is 21.5 Å². The van der Waals surface area contributed by atoms with Crippen LogP contribution in [-0.4, -0.2) is 36.2 Å². The zero-order valence-corrected chi connectivity index (χ0v) is 16.9. The van der Waals surface area contributed by atoms with Crippen LogP contribution in [0.25, 0.3) is 10.9 Å². The van der Waals surface area contributed by atoms with Gasteiger partial charge in [0.1, 0.15) is 4.90 Å². The summed E-state index contributed by atoms with van der Waals surface area (Å²) in [6.45, 7) is 1.58. The zero-order valence-electron chi connectivity index (χ0n) is 15.3. The molecule has 3 aromatic rings. The van der Waals surface area contributed by atoms with Crippen molar-refractivity contribution in [2.45, 2.75) is 24.0 Å². The van der Waals surface area contributed by atoms with Gasteiger partial charge in [0, 0.05) is 18.1 Å². The summed E-state index contributed by atoms with van der Waals surface area (Å²) in [4.78, 5) is 9.03. The molecule has 0 radical (unpaired) electrons. The van der Waals surface area contributed by atoms with Crippen molar-refractivity contribution in [1.29, 1.82) is 0 Å². The SMILES string of the molecule is O=C(O)C(F)(F)F.O=S(=O)(c1ccccc1Cl)n1cc2c3c(cccc31)CNCC2. The van der Waals surface area contributed by atoms with Gasteiger partial charge in [-0.25, -0.2) is 17.2 Å². The molecule has 2 aromatic carbocycles. The van der Waals surface area contributed by atoms with Gasteiger partial charge in [-0.1, -0.05) is 35.9 Å². The van der Waals surface area contributed by atoms with E-state index in [2.05, 4.69) is 5.32 Å². The van der Waals surface area contributed by atoms with E-state index in [1.165, 1.54) is 3.97 Å². The summed E-state index contributed by atoms with van der Waals surface area (Å²) >= 11 is 6.12. The number of aromatic nitrogens is 1. The molecule has 30 heavy (non-hydrogen) atoms. The van der Waals surface area contributed by atoms with Crippen molar-refractivity contribution in [3.8, 4) is 0 Å². The van der Waals surface area contributed by atoms with Gasteiger partial charge in [0.05, 0.1) is 10.5 Å². The van der Waals surface area contributed by atoms with Crippen LogP contribution >= 0.6 is 11.6 Å². The Balaban J connectivity index is 0.000000318. The Hall–Kier alpha value is -2.56. The summed E-state index contributed by atoms with van der Waals surface area (Å²) in [7, 11) is -3.72. The van der Waals surface area contributed by atoms with E-state index in [-0.39, 0.29) is 9.92 Å². The van der Waals surface area contributed by atoms with Gasteiger partial charge in [0.25, 0.3) is 10.0 Å². The van der Waals surface area contributed by atoms with Gasteiger partial charge in [-0.3, -0.25) is 0 Å². The number of carboxylic acid groups (broad SMARTS) is 1. The average Bonchev–Trinajstić information content (AvgIpc) is 2.92. The molecule has 0 unspecified atom stereocenters. The Bertz CT molecular complexity index is 1210. The maximum atomic E-state index is 13.1. The van der Waals surface area contributed by atoms with Crippen LogP contribution in [0.15, 0.2) is 53.6 Å². The van der Waals surface area contributed by atoms with E-state index in [0.29, 0.717) is 5.52 Å². The molecule has 4 rings (SSSR count). The van der Waals surface area contributed by atoms with E-state index in [9.17, 15) is 21.6 Å². The fourth-order valence-corrected chi connectivity index (χ4v) is 5.04. The second-order valence-electron chi connectivity index (χ2n) is 6.43. The first-order chi connectivity index (χ1) is 14.0. The lowest BCUT2D eigenvalue weighted by molar-refractivity contribution is -0.192. The highest BCUT2D eigenvalue weighted by atomic mass is 35.5. The third-order valence-electron chi connectivity index (χ3n) is 4.46. The molecule has 0 bridgehead atoms. The normalized spacial score (nSPS) is 14.0. The molecule has 160 valence electrons. The summed E-state index contributed by atoms with van der Waals surface area (Å²) in [5.41, 5.74) is 2.89. The topological polar surface area (TPSA) is 88.4 Å². The molecule has 11 heteroatoms. The highest BCUT2D eigenvalue weighted by Crippen LogP contribution is 2.32. The number of rotatable bonds is 2. The first-order valence-corrected chi connectivity index (χ1v) is 10.5. The van der Waals surface area contributed by atoms with Crippen LogP contribution in [0.4, 0.5) is 13.2 Å². The second-order valence-corrected chi connectivity index (χ2v) is 8.62. The summed E-state index contributed by atoms with van der Waals surface area (Å²) in [5, 5.41) is 11.8. The lowest BCUT2D eigenvalue weighted by Gasteiger charge is -2.10. The molecule has 0 saturated heterocycles. The maximum Gasteiger partial charge on any atom is 0.490 e. The molecule has 2 heterocycles. The van der Waals surface area contributed by atoms with E-state index in [1.54, 1.807) is 30.5 Å². The molecule has 0 saturated carbocycles. The second kappa shape index (κ2) is 8.29. The smallest absolute Gasteiger partial charge is 0.475 e. The van der Waals surface area contributed by atoms with Crippen molar-refractivity contribution in [2.24, 2.45) is 0 Å². The minimum Gasteiger partial charge on any atom is -0.475 e. The van der Waals surface area contributed by atoms with Crippen molar-refractivity contribution in [2.75, 3.05) is 6.54 Å². The Morgan fingerprint density at radius 3 is 2.40 bits per heavy atom. The van der Waals surface area contributed by atoms with Crippen molar-refractivity contribution < 1.29 is 31.5 Å². The van der Waals surface area contributed by atoms with Crippen molar-refractivity contribution >= 4 is 38.5 Å². The van der Waals surface area contributed by atoms with E-state index in [1.807, 2.05) is 18.2 Å². The Morgan fingerprint density at radius 2 is 1.77 bits per heavy atom. The number of aliphatic carboxylic acids is 1. The number of benzene rings is 2. The number of carbonyl (C=O) groups is 1. The summed E-state index contributed by atoms with van der Waals surface area (Å²) in [5.74, 6) is -2.76. The van der Waals surface area contributed by atoms with Gasteiger partial charge < -0.3 is 10.4 Å². The fourth-order valence-electron chi connectivity index (χ4n) is 3.16. The zero-order chi connectivity index (χ0) is 22.1. The highest BCUT2D eigenvalue weighted by molar-refractivity contribution is 7.90. The van der Waals surface area contributed by atoms with Crippen LogP contribution in [0.3, 0.4) is 0 Å². The molecule has 0 fully saturated rings.